The Bertz CT molecular complexity index is 925. The minimum absolute atomic E-state index is 0.565. The molecule has 144 valence electrons. The number of para-hydroxylation sites is 1. The summed E-state index contributed by atoms with van der Waals surface area (Å²) in [7, 11) is 0. The van der Waals surface area contributed by atoms with Crippen LogP contribution in [0.3, 0.4) is 0 Å². The second-order valence-electron chi connectivity index (χ2n) is 5.86. The van der Waals surface area contributed by atoms with Gasteiger partial charge in [0.25, 0.3) is 0 Å². The summed E-state index contributed by atoms with van der Waals surface area (Å²) >= 11 is 3.55. The molecule has 28 heavy (non-hydrogen) atoms. The van der Waals surface area contributed by atoms with Gasteiger partial charge in [0.05, 0.1) is 23.4 Å². The minimum Gasteiger partial charge on any atom is -0.490 e. The lowest BCUT2D eigenvalue weighted by molar-refractivity contribution is 0.286. The summed E-state index contributed by atoms with van der Waals surface area (Å²) in [6.07, 6.45) is 1.80. The van der Waals surface area contributed by atoms with Gasteiger partial charge in [-0.1, -0.05) is 18.2 Å². The fourth-order valence-electron chi connectivity index (χ4n) is 2.58. The second-order valence-corrected chi connectivity index (χ2v) is 6.72. The summed E-state index contributed by atoms with van der Waals surface area (Å²) in [5.74, 6) is 2.99. The monoisotopic (exact) mass is 439 g/mol. The standard InChI is InChI=1S/C23H22BrNO3/c1-3-26-22-15-17(14-21(24)23(22)27-4-2)16-25-18-10-12-20(13-11-18)28-19-8-6-5-7-9-19/h5-16H,3-4H2,1-2H3. The van der Waals surface area contributed by atoms with Crippen LogP contribution < -0.4 is 14.2 Å². The molecule has 0 amide bonds. The average Bonchev–Trinajstić information content (AvgIpc) is 2.71. The highest BCUT2D eigenvalue weighted by Gasteiger charge is 2.11. The van der Waals surface area contributed by atoms with Gasteiger partial charge < -0.3 is 14.2 Å². The average molecular weight is 440 g/mol. The lowest BCUT2D eigenvalue weighted by Crippen LogP contribution is -2.00. The fourth-order valence-corrected chi connectivity index (χ4v) is 3.16. The Morgan fingerprint density at radius 1 is 0.857 bits per heavy atom. The molecule has 0 heterocycles. The van der Waals surface area contributed by atoms with E-state index in [2.05, 4.69) is 20.9 Å². The molecule has 0 aromatic heterocycles. The Morgan fingerprint density at radius 3 is 2.21 bits per heavy atom. The highest BCUT2D eigenvalue weighted by Crippen LogP contribution is 2.36. The van der Waals surface area contributed by atoms with Crippen LogP contribution in [0.25, 0.3) is 0 Å². The largest absolute Gasteiger partial charge is 0.490 e. The molecule has 0 fully saturated rings. The summed E-state index contributed by atoms with van der Waals surface area (Å²) < 4.78 is 18.0. The molecule has 0 saturated carbocycles. The normalized spacial score (nSPS) is 10.8. The van der Waals surface area contributed by atoms with Gasteiger partial charge in [-0.25, -0.2) is 0 Å². The Labute approximate surface area is 173 Å². The van der Waals surface area contributed by atoms with Crippen molar-refractivity contribution in [2.45, 2.75) is 13.8 Å². The highest BCUT2D eigenvalue weighted by atomic mass is 79.9. The molecule has 5 heteroatoms. The third-order valence-electron chi connectivity index (χ3n) is 3.80. The highest BCUT2D eigenvalue weighted by molar-refractivity contribution is 9.10. The number of benzene rings is 3. The Morgan fingerprint density at radius 2 is 1.54 bits per heavy atom. The first-order valence-electron chi connectivity index (χ1n) is 9.15. The summed E-state index contributed by atoms with van der Waals surface area (Å²) in [5.41, 5.74) is 1.76. The number of rotatable bonds is 8. The van der Waals surface area contributed by atoms with Crippen LogP contribution in [0.15, 0.2) is 76.2 Å². The van der Waals surface area contributed by atoms with Crippen molar-refractivity contribution < 1.29 is 14.2 Å². The van der Waals surface area contributed by atoms with Crippen molar-refractivity contribution >= 4 is 27.8 Å². The molecule has 3 aromatic rings. The zero-order chi connectivity index (χ0) is 19.8. The van der Waals surface area contributed by atoms with E-state index >= 15 is 0 Å². The topological polar surface area (TPSA) is 40.0 Å². The molecule has 0 bridgehead atoms. The molecule has 0 aliphatic carbocycles. The molecular weight excluding hydrogens is 418 g/mol. The van der Waals surface area contributed by atoms with Crippen LogP contribution in [0.5, 0.6) is 23.0 Å². The number of aliphatic imine (C=N–C) groups is 1. The molecule has 0 aliphatic rings. The molecule has 3 rings (SSSR count). The third-order valence-corrected chi connectivity index (χ3v) is 4.39. The number of ether oxygens (including phenoxy) is 3. The maximum atomic E-state index is 5.80. The first-order chi connectivity index (χ1) is 13.7. The predicted octanol–water partition coefficient (Wildman–Crippen LogP) is 6.79. The molecule has 0 atom stereocenters. The van der Waals surface area contributed by atoms with E-state index in [4.69, 9.17) is 14.2 Å². The third kappa shape index (κ3) is 5.36. The second kappa shape index (κ2) is 9.95. The van der Waals surface area contributed by atoms with Crippen molar-refractivity contribution in [2.24, 2.45) is 4.99 Å². The Kier molecular flexibility index (Phi) is 7.09. The zero-order valence-electron chi connectivity index (χ0n) is 15.9. The van der Waals surface area contributed by atoms with Crippen LogP contribution in [0.2, 0.25) is 0 Å². The van der Waals surface area contributed by atoms with Gasteiger partial charge in [0.2, 0.25) is 0 Å². The molecule has 4 nitrogen and oxygen atoms in total. The van der Waals surface area contributed by atoms with Gasteiger partial charge in [-0.05, 0) is 83.9 Å². The quantitative estimate of drug-likeness (QED) is 0.362. The molecule has 0 radical (unpaired) electrons. The van der Waals surface area contributed by atoms with E-state index in [1.807, 2.05) is 80.6 Å². The van der Waals surface area contributed by atoms with E-state index in [-0.39, 0.29) is 0 Å². The van der Waals surface area contributed by atoms with Crippen LogP contribution in [0.4, 0.5) is 5.69 Å². The molecule has 0 saturated heterocycles. The van der Waals surface area contributed by atoms with Crippen molar-refractivity contribution in [2.75, 3.05) is 13.2 Å². The van der Waals surface area contributed by atoms with E-state index in [1.54, 1.807) is 6.21 Å². The van der Waals surface area contributed by atoms with Crippen molar-refractivity contribution in [1.82, 2.24) is 0 Å². The fraction of sp³-hybridized carbons (Fsp3) is 0.174. The van der Waals surface area contributed by atoms with Gasteiger partial charge in [-0.15, -0.1) is 0 Å². The van der Waals surface area contributed by atoms with Gasteiger partial charge in [0, 0.05) is 6.21 Å². The van der Waals surface area contributed by atoms with E-state index < -0.39 is 0 Å². The first kappa shape index (κ1) is 20.0. The summed E-state index contributed by atoms with van der Waals surface area (Å²) in [5, 5.41) is 0. The van der Waals surface area contributed by atoms with Crippen molar-refractivity contribution in [3.63, 3.8) is 0 Å². The van der Waals surface area contributed by atoms with Crippen LogP contribution >= 0.6 is 15.9 Å². The van der Waals surface area contributed by atoms with E-state index in [1.165, 1.54) is 0 Å². The Hall–Kier alpha value is -2.79. The number of halogens is 1. The molecule has 0 unspecified atom stereocenters. The van der Waals surface area contributed by atoms with Crippen LogP contribution in [0, 0.1) is 0 Å². The lowest BCUT2D eigenvalue weighted by Gasteiger charge is -2.13. The van der Waals surface area contributed by atoms with E-state index in [9.17, 15) is 0 Å². The number of nitrogens with zero attached hydrogens (tertiary/aromatic N) is 1. The van der Waals surface area contributed by atoms with Gasteiger partial charge in [0.15, 0.2) is 11.5 Å². The maximum Gasteiger partial charge on any atom is 0.175 e. The molecule has 0 aliphatic heterocycles. The SMILES string of the molecule is CCOc1cc(C=Nc2ccc(Oc3ccccc3)cc2)cc(Br)c1OCC. The van der Waals surface area contributed by atoms with Gasteiger partial charge in [0.1, 0.15) is 11.5 Å². The van der Waals surface area contributed by atoms with Gasteiger partial charge in [-0.3, -0.25) is 4.99 Å². The van der Waals surface area contributed by atoms with Crippen LogP contribution in [0.1, 0.15) is 19.4 Å². The molecular formula is C23H22BrNO3. The first-order valence-corrected chi connectivity index (χ1v) is 9.95. The number of hydrogen-bond donors (Lipinski definition) is 0. The van der Waals surface area contributed by atoms with Crippen LogP contribution in [-0.4, -0.2) is 19.4 Å². The maximum absolute atomic E-state index is 5.80. The van der Waals surface area contributed by atoms with Crippen LogP contribution in [-0.2, 0) is 0 Å². The molecule has 0 spiro atoms. The smallest absolute Gasteiger partial charge is 0.175 e. The van der Waals surface area contributed by atoms with E-state index in [0.717, 1.165) is 27.2 Å². The number of hydrogen-bond acceptors (Lipinski definition) is 4. The Balaban J connectivity index is 1.74. The van der Waals surface area contributed by atoms with Crippen molar-refractivity contribution in [1.29, 1.82) is 0 Å². The molecule has 0 N–H and O–H groups in total. The zero-order valence-corrected chi connectivity index (χ0v) is 17.5. The minimum atomic E-state index is 0.565. The van der Waals surface area contributed by atoms with Gasteiger partial charge in [-0.2, -0.15) is 0 Å². The van der Waals surface area contributed by atoms with Crippen molar-refractivity contribution in [3.8, 4) is 23.0 Å². The molecule has 3 aromatic carbocycles. The van der Waals surface area contributed by atoms with E-state index in [0.29, 0.717) is 24.7 Å². The van der Waals surface area contributed by atoms with Crippen molar-refractivity contribution in [3.05, 3.63) is 76.8 Å². The lowest BCUT2D eigenvalue weighted by atomic mass is 10.2. The van der Waals surface area contributed by atoms with Gasteiger partial charge >= 0.3 is 0 Å². The predicted molar refractivity (Wildman–Crippen MR) is 117 cm³/mol. The summed E-state index contributed by atoms with van der Waals surface area (Å²) in [4.78, 5) is 4.54. The summed E-state index contributed by atoms with van der Waals surface area (Å²) in [6, 6.07) is 21.2. The summed E-state index contributed by atoms with van der Waals surface area (Å²) in [6.45, 7) is 5.03.